The summed E-state index contributed by atoms with van der Waals surface area (Å²) >= 11 is 17.7. The zero-order chi connectivity index (χ0) is 68.6. The third-order valence-electron chi connectivity index (χ3n) is 21.7. The molecule has 0 aliphatic heterocycles. The van der Waals surface area contributed by atoms with Crippen LogP contribution in [-0.4, -0.2) is 8.75 Å². The van der Waals surface area contributed by atoms with Gasteiger partial charge in [-0.2, -0.15) is 8.75 Å². The second kappa shape index (κ2) is 37.3. The maximum atomic E-state index is 6.28. The molecule has 2 fully saturated rings. The second-order valence-corrected chi connectivity index (χ2v) is 38.7. The number of hydrogen-bond donors (Lipinski definition) is 0. The van der Waals surface area contributed by atoms with Crippen LogP contribution in [0.15, 0.2) is 89.3 Å². The van der Waals surface area contributed by atoms with E-state index in [0.29, 0.717) is 11.8 Å². The van der Waals surface area contributed by atoms with Crippen molar-refractivity contribution in [3.8, 4) is 90.0 Å². The average molecular weight is 1500 g/mol. The highest BCUT2D eigenvalue weighted by Gasteiger charge is 2.30. The number of nitrogens with zero attached hydrogens (tertiary/aromatic N) is 2. The maximum Gasteiger partial charge on any atom is 0.144 e. The van der Waals surface area contributed by atoms with Crippen molar-refractivity contribution in [3.63, 3.8) is 0 Å². The van der Waals surface area contributed by atoms with Gasteiger partial charge >= 0.3 is 0 Å². The number of hydrogen-bond acceptors (Lipinski definition) is 12. The summed E-state index contributed by atoms with van der Waals surface area (Å²) in [6, 6.07) is 34.6. The normalized spacial score (nSPS) is 14.1. The predicted octanol–water partition coefficient (Wildman–Crippen LogP) is 33.1. The van der Waals surface area contributed by atoms with Gasteiger partial charge in [-0.25, -0.2) is 0 Å². The third-order valence-corrected chi connectivity index (χ3v) is 32.4. The Bertz CT molecular complexity index is 4310. The van der Waals surface area contributed by atoms with E-state index in [2.05, 4.69) is 172 Å². The fourth-order valence-corrected chi connectivity index (χ4v) is 26.7. The molecular formula is C88H110N2OS9. The van der Waals surface area contributed by atoms with Crippen LogP contribution in [0.1, 0.15) is 302 Å². The van der Waals surface area contributed by atoms with Crippen LogP contribution in [0.5, 0.6) is 0 Å². The van der Waals surface area contributed by atoms with E-state index >= 15 is 0 Å². The molecule has 0 spiro atoms. The molecule has 13 rings (SSSR count). The van der Waals surface area contributed by atoms with Crippen molar-refractivity contribution < 1.29 is 4.42 Å². The Labute approximate surface area is 637 Å². The molecule has 0 amide bonds. The molecule has 10 aromatic heterocycles. The van der Waals surface area contributed by atoms with Crippen molar-refractivity contribution in [1.82, 2.24) is 8.75 Å². The highest BCUT2D eigenvalue weighted by atomic mass is 32.1. The van der Waals surface area contributed by atoms with Gasteiger partial charge in [0.25, 0.3) is 0 Å². The van der Waals surface area contributed by atoms with Gasteiger partial charge in [-0.15, -0.1) is 90.7 Å². The summed E-state index contributed by atoms with van der Waals surface area (Å²) < 4.78 is 16.9. The van der Waals surface area contributed by atoms with Crippen molar-refractivity contribution in [2.75, 3.05) is 0 Å². The average Bonchev–Trinajstić information content (AvgIpc) is 1.60. The first kappa shape index (κ1) is 74.2. The summed E-state index contributed by atoms with van der Waals surface area (Å²) in [6.07, 6.45) is 49.3. The Balaban J connectivity index is 0.836. The fraction of sp³-hybridized carbons (Fsp3) is 0.523. The number of furan rings is 1. The van der Waals surface area contributed by atoms with E-state index in [-0.39, 0.29) is 0 Å². The summed E-state index contributed by atoms with van der Waals surface area (Å²) in [6.45, 7) is 13.7. The molecule has 0 N–H and O–H groups in total. The van der Waals surface area contributed by atoms with Gasteiger partial charge in [-0.05, 0) is 209 Å². The lowest BCUT2D eigenvalue weighted by Gasteiger charge is -2.22. The van der Waals surface area contributed by atoms with Gasteiger partial charge < -0.3 is 4.42 Å². The Kier molecular flexibility index (Phi) is 27.6. The van der Waals surface area contributed by atoms with Crippen LogP contribution in [-0.2, 0) is 25.7 Å². The molecule has 0 radical (unpaired) electrons. The molecule has 0 unspecified atom stereocenters. The molecule has 3 nitrogen and oxygen atoms in total. The lowest BCUT2D eigenvalue weighted by Crippen LogP contribution is -2.04. The summed E-state index contributed by atoms with van der Waals surface area (Å²) in [5.41, 5.74) is 14.0. The first-order valence-electron chi connectivity index (χ1n) is 39.5. The van der Waals surface area contributed by atoms with Crippen LogP contribution in [0, 0.1) is 13.8 Å². The molecule has 532 valence electrons. The second-order valence-electron chi connectivity index (χ2n) is 29.5. The number of aromatic nitrogens is 2. The summed E-state index contributed by atoms with van der Waals surface area (Å²) in [4.78, 5) is 23.0. The zero-order valence-electron chi connectivity index (χ0n) is 61.1. The number of rotatable bonds is 39. The number of aryl methyl sites for hydroxylation is 6. The maximum absolute atomic E-state index is 6.28. The van der Waals surface area contributed by atoms with Crippen LogP contribution in [0.2, 0.25) is 0 Å². The smallest absolute Gasteiger partial charge is 0.144 e. The van der Waals surface area contributed by atoms with E-state index in [1.54, 1.807) is 27.8 Å². The Morgan fingerprint density at radius 3 is 1.06 bits per heavy atom. The SMILES string of the molecule is CCCCCCCCc1cc(C)sc1-c1ccc(-c2sc(-c3sc(-c4ccc(-c5cc(C6CCCCC6)c(-c6cc(CCCCCCCC)c(-c7ccc(-c8sc(-c9ccc(C)o9)cc8CCCCCCCC)s7)s6)s5)c5nsnc45)cc3C3CCCCC3)cc2CCCCCCCC)s1. The lowest BCUT2D eigenvalue weighted by atomic mass is 9.83. The molecule has 2 aliphatic rings. The number of benzene rings is 1. The highest BCUT2D eigenvalue weighted by molar-refractivity contribution is 7.30. The van der Waals surface area contributed by atoms with Crippen molar-refractivity contribution in [2.24, 2.45) is 0 Å². The zero-order valence-corrected chi connectivity index (χ0v) is 68.4. The Morgan fingerprint density at radius 2 is 0.670 bits per heavy atom. The fourth-order valence-electron chi connectivity index (χ4n) is 16.0. The standard InChI is InChI=1S/C88H110N2OS9/c1-7-11-15-19-23-29-41-63-53-60(6)92-83(63)72-49-50-74(93-72)85-65(43-31-25-21-17-13-9-3)55-79(98-85)87-69(61-37-33-27-34-38-61)57-76(95-87)67-46-47-68(82-81(67)89-100-90-82)77-58-70(62-39-35-28-36-40-62)88(96-77)80-56-66(44-32-26-22-18-14-10-4)86(99-80)75-52-51-73(94-75)84-64(42-30-24-20-16-12-8-2)54-78(97-84)71-48-45-59(5)91-71/h45-58,61-62H,7-44H2,1-6H3. The molecule has 12 heteroatoms. The third kappa shape index (κ3) is 18.4. The first-order valence-corrected chi connectivity index (χ1v) is 46.8. The van der Waals surface area contributed by atoms with Gasteiger partial charge in [0.1, 0.15) is 22.6 Å². The van der Waals surface area contributed by atoms with Crippen LogP contribution in [0.25, 0.3) is 101 Å². The minimum atomic E-state index is 0.570. The highest BCUT2D eigenvalue weighted by Crippen LogP contribution is 2.56. The Hall–Kier alpha value is -4.08. The molecule has 2 saturated carbocycles. The Morgan fingerprint density at radius 1 is 0.320 bits per heavy atom. The molecular weight excluding hydrogens is 1390 g/mol. The van der Waals surface area contributed by atoms with Gasteiger partial charge in [-0.3, -0.25) is 0 Å². The molecule has 10 heterocycles. The van der Waals surface area contributed by atoms with Gasteiger partial charge in [0.15, 0.2) is 0 Å². The van der Waals surface area contributed by atoms with Gasteiger partial charge in [-0.1, -0.05) is 207 Å². The van der Waals surface area contributed by atoms with Gasteiger partial charge in [0.2, 0.25) is 0 Å². The largest absolute Gasteiger partial charge is 0.461 e. The van der Waals surface area contributed by atoms with Gasteiger partial charge in [0, 0.05) is 84.3 Å². The topological polar surface area (TPSA) is 38.9 Å². The monoisotopic (exact) mass is 1500 g/mol. The molecule has 1 aromatic carbocycles. The van der Waals surface area contributed by atoms with E-state index < -0.39 is 0 Å². The summed E-state index contributed by atoms with van der Waals surface area (Å²) in [7, 11) is 0. The molecule has 0 atom stereocenters. The van der Waals surface area contributed by atoms with Crippen molar-refractivity contribution >= 4 is 113 Å². The van der Waals surface area contributed by atoms with E-state index in [9.17, 15) is 0 Å². The first-order chi connectivity index (χ1) is 49.2. The number of unbranched alkanes of at least 4 members (excludes halogenated alkanes) is 20. The van der Waals surface area contributed by atoms with Gasteiger partial charge in [0.05, 0.1) is 16.6 Å². The number of fused-ring (bicyclic) bond motifs is 1. The number of thiophene rings is 8. The minimum Gasteiger partial charge on any atom is -0.461 e. The molecule has 11 aromatic rings. The van der Waals surface area contributed by atoms with E-state index in [1.165, 1.54) is 331 Å². The molecule has 100 heavy (non-hydrogen) atoms. The molecule has 2 aliphatic carbocycles. The van der Waals surface area contributed by atoms with E-state index in [4.69, 9.17) is 13.2 Å². The van der Waals surface area contributed by atoms with E-state index in [0.717, 1.165) is 41.8 Å². The quantitative estimate of drug-likeness (QED) is 0.0361. The predicted molar refractivity (Wildman–Crippen MR) is 451 cm³/mol. The van der Waals surface area contributed by atoms with Crippen LogP contribution in [0.3, 0.4) is 0 Å². The summed E-state index contributed by atoms with van der Waals surface area (Å²) in [5.74, 6) is 3.13. The van der Waals surface area contributed by atoms with Crippen LogP contribution < -0.4 is 0 Å². The van der Waals surface area contributed by atoms with Crippen molar-refractivity contribution in [3.05, 3.63) is 129 Å². The van der Waals surface area contributed by atoms with Crippen molar-refractivity contribution in [2.45, 2.75) is 297 Å². The minimum absolute atomic E-state index is 0.570. The molecule has 0 bridgehead atoms. The van der Waals surface area contributed by atoms with Crippen LogP contribution in [0.4, 0.5) is 0 Å². The van der Waals surface area contributed by atoms with Crippen molar-refractivity contribution in [1.29, 1.82) is 0 Å². The lowest BCUT2D eigenvalue weighted by molar-refractivity contribution is 0.445. The molecule has 0 saturated heterocycles. The van der Waals surface area contributed by atoms with E-state index in [1.807, 2.05) is 45.3 Å². The summed E-state index contributed by atoms with van der Waals surface area (Å²) in [5, 5.41) is 0. The van der Waals surface area contributed by atoms with Crippen LogP contribution >= 0.6 is 102 Å².